The van der Waals surface area contributed by atoms with E-state index in [0.717, 1.165) is 17.9 Å². The molecule has 0 aliphatic heterocycles. The summed E-state index contributed by atoms with van der Waals surface area (Å²) < 4.78 is 1.90. The van der Waals surface area contributed by atoms with Crippen molar-refractivity contribution in [3.8, 4) is 0 Å². The normalized spacial score (nSPS) is 13.4. The Balaban J connectivity index is 2.45. The van der Waals surface area contributed by atoms with Crippen molar-refractivity contribution in [2.24, 2.45) is 5.92 Å². The molecule has 0 saturated carbocycles. The second-order valence-electron chi connectivity index (χ2n) is 5.18. The maximum Gasteiger partial charge on any atom is 0.0860 e. The van der Waals surface area contributed by atoms with Crippen LogP contribution in [0.2, 0.25) is 0 Å². The van der Waals surface area contributed by atoms with Gasteiger partial charge in [-0.25, -0.2) is 0 Å². The summed E-state index contributed by atoms with van der Waals surface area (Å²) in [5, 5.41) is 17.6. The summed E-state index contributed by atoms with van der Waals surface area (Å²) in [7, 11) is 0. The first-order valence-corrected chi connectivity index (χ1v) is 6.31. The van der Waals surface area contributed by atoms with Crippen molar-refractivity contribution in [1.29, 1.82) is 0 Å². The van der Waals surface area contributed by atoms with E-state index in [1.54, 1.807) is 0 Å². The highest BCUT2D eigenvalue weighted by Gasteiger charge is 2.11. The largest absolute Gasteiger partial charge is 0.390 e. The van der Waals surface area contributed by atoms with E-state index in [9.17, 15) is 5.11 Å². The third-order valence-electron chi connectivity index (χ3n) is 3.06. The third kappa shape index (κ3) is 4.13. The number of rotatable bonds is 6. The van der Waals surface area contributed by atoms with Crippen molar-refractivity contribution < 1.29 is 5.11 Å². The number of nitrogens with zero attached hydrogens (tertiary/aromatic N) is 2. The van der Waals surface area contributed by atoms with Crippen molar-refractivity contribution in [3.05, 3.63) is 17.0 Å². The van der Waals surface area contributed by atoms with Gasteiger partial charge >= 0.3 is 0 Å². The molecule has 1 aromatic heterocycles. The molecule has 0 fully saturated rings. The molecule has 4 nitrogen and oxygen atoms in total. The number of aliphatic hydroxyl groups excluding tert-OH is 1. The van der Waals surface area contributed by atoms with Crippen LogP contribution in [0.15, 0.2) is 0 Å². The van der Waals surface area contributed by atoms with Crippen LogP contribution in [0.25, 0.3) is 0 Å². The Hall–Kier alpha value is -0.870. The predicted molar refractivity (Wildman–Crippen MR) is 70.2 cm³/mol. The number of hydrogen-bond acceptors (Lipinski definition) is 3. The van der Waals surface area contributed by atoms with Crippen LogP contribution in [0.1, 0.15) is 30.8 Å². The second kappa shape index (κ2) is 6.17. The Morgan fingerprint density at radius 3 is 2.35 bits per heavy atom. The zero-order chi connectivity index (χ0) is 13.0. The van der Waals surface area contributed by atoms with Crippen molar-refractivity contribution in [3.63, 3.8) is 0 Å². The van der Waals surface area contributed by atoms with Gasteiger partial charge in [-0.05, 0) is 38.8 Å². The van der Waals surface area contributed by atoms with Crippen LogP contribution in [-0.2, 0) is 6.54 Å². The van der Waals surface area contributed by atoms with Gasteiger partial charge < -0.3 is 10.4 Å². The molecular formula is C13H25N3O. The lowest BCUT2D eigenvalue weighted by molar-refractivity contribution is 0.145. The van der Waals surface area contributed by atoms with E-state index in [1.807, 2.05) is 18.5 Å². The minimum Gasteiger partial charge on any atom is -0.390 e. The monoisotopic (exact) mass is 239 g/mol. The lowest BCUT2D eigenvalue weighted by Gasteiger charge is -2.14. The lowest BCUT2D eigenvalue weighted by atomic mass is 10.2. The maximum atomic E-state index is 9.92. The third-order valence-corrected chi connectivity index (χ3v) is 3.06. The lowest BCUT2D eigenvalue weighted by Crippen LogP contribution is -2.32. The highest BCUT2D eigenvalue weighted by atomic mass is 16.3. The van der Waals surface area contributed by atoms with Gasteiger partial charge in [0.1, 0.15) is 0 Å². The van der Waals surface area contributed by atoms with E-state index in [4.69, 9.17) is 0 Å². The van der Waals surface area contributed by atoms with E-state index in [-0.39, 0.29) is 6.10 Å². The summed E-state index contributed by atoms with van der Waals surface area (Å²) in [4.78, 5) is 0. The SMILES string of the molecule is Cc1nn(CC(O)CNCC(C)C)c(C)c1C. The van der Waals surface area contributed by atoms with E-state index in [1.165, 1.54) is 5.56 Å². The predicted octanol–water partition coefficient (Wildman–Crippen LogP) is 1.41. The van der Waals surface area contributed by atoms with E-state index in [0.29, 0.717) is 19.0 Å². The van der Waals surface area contributed by atoms with Crippen LogP contribution in [0.4, 0.5) is 0 Å². The van der Waals surface area contributed by atoms with Gasteiger partial charge in [0.2, 0.25) is 0 Å². The molecule has 4 heteroatoms. The topological polar surface area (TPSA) is 50.1 Å². The van der Waals surface area contributed by atoms with Crippen LogP contribution in [-0.4, -0.2) is 34.1 Å². The second-order valence-corrected chi connectivity index (χ2v) is 5.18. The summed E-state index contributed by atoms with van der Waals surface area (Å²) in [6.07, 6.45) is -0.383. The van der Waals surface area contributed by atoms with Crippen molar-refractivity contribution in [1.82, 2.24) is 15.1 Å². The molecule has 0 bridgehead atoms. The highest BCUT2D eigenvalue weighted by molar-refractivity contribution is 5.22. The van der Waals surface area contributed by atoms with Gasteiger partial charge in [-0.2, -0.15) is 5.10 Å². The molecule has 0 aliphatic rings. The summed E-state index contributed by atoms with van der Waals surface area (Å²) in [5.74, 6) is 0.609. The minimum atomic E-state index is -0.383. The molecule has 1 rings (SSSR count). The fourth-order valence-electron chi connectivity index (χ4n) is 1.77. The van der Waals surface area contributed by atoms with Crippen LogP contribution in [0.3, 0.4) is 0 Å². The maximum absolute atomic E-state index is 9.92. The van der Waals surface area contributed by atoms with E-state index < -0.39 is 0 Å². The van der Waals surface area contributed by atoms with Gasteiger partial charge in [-0.15, -0.1) is 0 Å². The highest BCUT2D eigenvalue weighted by Crippen LogP contribution is 2.11. The van der Waals surface area contributed by atoms with Crippen molar-refractivity contribution >= 4 is 0 Å². The first-order chi connectivity index (χ1) is 7.91. The van der Waals surface area contributed by atoms with Crippen molar-refractivity contribution in [2.45, 2.75) is 47.3 Å². The average molecular weight is 239 g/mol. The van der Waals surface area contributed by atoms with Gasteiger partial charge in [0.25, 0.3) is 0 Å². The van der Waals surface area contributed by atoms with Crippen LogP contribution < -0.4 is 5.32 Å². The molecule has 0 aromatic carbocycles. The first-order valence-electron chi connectivity index (χ1n) is 6.31. The van der Waals surface area contributed by atoms with Crippen LogP contribution in [0.5, 0.6) is 0 Å². The van der Waals surface area contributed by atoms with E-state index >= 15 is 0 Å². The number of nitrogens with one attached hydrogen (secondary N) is 1. The zero-order valence-electron chi connectivity index (χ0n) is 11.6. The first kappa shape index (κ1) is 14.2. The van der Waals surface area contributed by atoms with E-state index in [2.05, 4.69) is 31.2 Å². The Morgan fingerprint density at radius 1 is 1.24 bits per heavy atom. The summed E-state index contributed by atoms with van der Waals surface area (Å²) in [6, 6.07) is 0. The van der Waals surface area contributed by atoms with Crippen molar-refractivity contribution in [2.75, 3.05) is 13.1 Å². The molecular weight excluding hydrogens is 214 g/mol. The Labute approximate surface area is 104 Å². The fraction of sp³-hybridized carbons (Fsp3) is 0.769. The molecule has 0 aliphatic carbocycles. The summed E-state index contributed by atoms with van der Waals surface area (Å²) in [6.45, 7) is 12.5. The molecule has 1 unspecified atom stereocenters. The molecule has 0 radical (unpaired) electrons. The molecule has 2 N–H and O–H groups in total. The van der Waals surface area contributed by atoms with Gasteiger partial charge in [0.05, 0.1) is 18.3 Å². The molecule has 98 valence electrons. The quantitative estimate of drug-likeness (QED) is 0.789. The average Bonchev–Trinajstić information content (AvgIpc) is 2.46. The smallest absolute Gasteiger partial charge is 0.0860 e. The Bertz CT molecular complexity index is 358. The molecule has 0 amide bonds. The van der Waals surface area contributed by atoms with Gasteiger partial charge in [0, 0.05) is 12.2 Å². The molecule has 0 saturated heterocycles. The Morgan fingerprint density at radius 2 is 1.88 bits per heavy atom. The minimum absolute atomic E-state index is 0.383. The zero-order valence-corrected chi connectivity index (χ0v) is 11.6. The van der Waals surface area contributed by atoms with Crippen LogP contribution in [0, 0.1) is 26.7 Å². The molecule has 1 atom stereocenters. The van der Waals surface area contributed by atoms with Gasteiger partial charge in [-0.3, -0.25) is 4.68 Å². The Kier molecular flexibility index (Phi) is 5.15. The number of aryl methyl sites for hydroxylation is 1. The molecule has 1 aromatic rings. The molecule has 1 heterocycles. The number of aliphatic hydroxyl groups is 1. The summed E-state index contributed by atoms with van der Waals surface area (Å²) >= 11 is 0. The molecule has 17 heavy (non-hydrogen) atoms. The number of hydrogen-bond donors (Lipinski definition) is 2. The van der Waals surface area contributed by atoms with Gasteiger partial charge in [-0.1, -0.05) is 13.8 Å². The standard InChI is InChI=1S/C13H25N3O/c1-9(2)6-14-7-13(17)8-16-12(5)10(3)11(4)15-16/h9,13-14,17H,6-8H2,1-5H3. The fourth-order valence-corrected chi connectivity index (χ4v) is 1.77. The number of aromatic nitrogens is 2. The molecule has 0 spiro atoms. The van der Waals surface area contributed by atoms with Crippen LogP contribution >= 0.6 is 0 Å². The summed E-state index contributed by atoms with van der Waals surface area (Å²) in [5.41, 5.74) is 3.41. The van der Waals surface area contributed by atoms with Gasteiger partial charge in [0.15, 0.2) is 0 Å².